The van der Waals surface area contributed by atoms with Crippen LogP contribution in [-0.2, 0) is 12.7 Å². The first kappa shape index (κ1) is 17.8. The van der Waals surface area contributed by atoms with Crippen molar-refractivity contribution < 1.29 is 13.2 Å². The molecule has 0 radical (unpaired) electrons. The number of hydrogen-bond acceptors (Lipinski definition) is 2. The summed E-state index contributed by atoms with van der Waals surface area (Å²) >= 11 is 0. The van der Waals surface area contributed by atoms with E-state index in [-0.39, 0.29) is 11.7 Å². The zero-order valence-electron chi connectivity index (χ0n) is 13.2. The molecule has 1 rings (SSSR count). The molecule has 0 fully saturated rings. The van der Waals surface area contributed by atoms with E-state index in [1.165, 1.54) is 6.07 Å². The van der Waals surface area contributed by atoms with Gasteiger partial charge in [0.15, 0.2) is 0 Å². The van der Waals surface area contributed by atoms with Crippen LogP contribution in [0, 0.1) is 0 Å². The molecular formula is C16H25F3N2. The SMILES string of the molecule is CCNCc1ccc(N(CC)C(C)CC)c(C(F)(F)F)c1. The fourth-order valence-corrected chi connectivity index (χ4v) is 2.38. The van der Waals surface area contributed by atoms with Gasteiger partial charge in [-0.05, 0) is 44.5 Å². The van der Waals surface area contributed by atoms with Gasteiger partial charge in [-0.3, -0.25) is 0 Å². The lowest BCUT2D eigenvalue weighted by Gasteiger charge is -2.32. The van der Waals surface area contributed by atoms with Crippen LogP contribution in [0.15, 0.2) is 18.2 Å². The van der Waals surface area contributed by atoms with E-state index in [2.05, 4.69) is 5.32 Å². The normalized spacial score (nSPS) is 13.3. The summed E-state index contributed by atoms with van der Waals surface area (Å²) in [7, 11) is 0. The number of halogens is 3. The van der Waals surface area contributed by atoms with Crippen LogP contribution in [0.3, 0.4) is 0 Å². The van der Waals surface area contributed by atoms with Crippen molar-refractivity contribution in [1.29, 1.82) is 0 Å². The maximum absolute atomic E-state index is 13.4. The highest BCUT2D eigenvalue weighted by molar-refractivity contribution is 5.57. The molecule has 0 aliphatic carbocycles. The van der Waals surface area contributed by atoms with E-state index in [9.17, 15) is 13.2 Å². The maximum atomic E-state index is 13.4. The Bertz CT molecular complexity index is 444. The summed E-state index contributed by atoms with van der Waals surface area (Å²) in [6.45, 7) is 9.51. The monoisotopic (exact) mass is 302 g/mol. The van der Waals surface area contributed by atoms with Gasteiger partial charge in [-0.25, -0.2) is 0 Å². The zero-order valence-corrected chi connectivity index (χ0v) is 13.2. The Morgan fingerprint density at radius 3 is 2.33 bits per heavy atom. The Morgan fingerprint density at radius 2 is 1.86 bits per heavy atom. The van der Waals surface area contributed by atoms with Crippen molar-refractivity contribution in [2.45, 2.75) is 52.9 Å². The Hall–Kier alpha value is -1.23. The molecule has 0 aliphatic heterocycles. The van der Waals surface area contributed by atoms with Crippen LogP contribution in [0.1, 0.15) is 45.2 Å². The van der Waals surface area contributed by atoms with Crippen LogP contribution < -0.4 is 10.2 Å². The van der Waals surface area contributed by atoms with Gasteiger partial charge >= 0.3 is 6.18 Å². The van der Waals surface area contributed by atoms with Gasteiger partial charge in [0.1, 0.15) is 0 Å². The lowest BCUT2D eigenvalue weighted by molar-refractivity contribution is -0.137. The Morgan fingerprint density at radius 1 is 1.19 bits per heavy atom. The minimum atomic E-state index is -4.33. The predicted molar refractivity (Wildman–Crippen MR) is 81.6 cm³/mol. The summed E-state index contributed by atoms with van der Waals surface area (Å²) in [6, 6.07) is 4.72. The van der Waals surface area contributed by atoms with Crippen molar-refractivity contribution in [3.05, 3.63) is 29.3 Å². The van der Waals surface area contributed by atoms with Gasteiger partial charge in [-0.1, -0.05) is 19.9 Å². The van der Waals surface area contributed by atoms with E-state index in [0.29, 0.717) is 18.7 Å². The highest BCUT2D eigenvalue weighted by atomic mass is 19.4. The van der Waals surface area contributed by atoms with E-state index in [1.54, 1.807) is 12.1 Å². The fraction of sp³-hybridized carbons (Fsp3) is 0.625. The van der Waals surface area contributed by atoms with E-state index in [4.69, 9.17) is 0 Å². The van der Waals surface area contributed by atoms with Gasteiger partial charge in [0.25, 0.3) is 0 Å². The average molecular weight is 302 g/mol. The average Bonchev–Trinajstić information content (AvgIpc) is 2.45. The molecule has 1 N–H and O–H groups in total. The third-order valence-corrected chi connectivity index (χ3v) is 3.72. The minimum Gasteiger partial charge on any atom is -0.369 e. The Balaban J connectivity index is 3.24. The van der Waals surface area contributed by atoms with E-state index >= 15 is 0 Å². The standard InChI is InChI=1S/C16H25F3N2/c1-5-12(4)21(7-3)15-9-8-13(11-20-6-2)10-14(15)16(17,18)19/h8-10,12,20H,5-7,11H2,1-4H3. The second-order valence-electron chi connectivity index (χ2n) is 5.17. The lowest BCUT2D eigenvalue weighted by Crippen LogP contribution is -2.34. The molecule has 1 aromatic carbocycles. The zero-order chi connectivity index (χ0) is 16.0. The van der Waals surface area contributed by atoms with Crippen molar-refractivity contribution >= 4 is 5.69 Å². The molecule has 0 heterocycles. The number of rotatable bonds is 7. The summed E-state index contributed by atoms with van der Waals surface area (Å²) in [5.41, 5.74) is 0.396. The highest BCUT2D eigenvalue weighted by Gasteiger charge is 2.35. The number of alkyl halides is 3. The second-order valence-corrected chi connectivity index (χ2v) is 5.17. The van der Waals surface area contributed by atoms with Crippen LogP contribution in [0.25, 0.3) is 0 Å². The molecule has 0 aromatic heterocycles. The van der Waals surface area contributed by atoms with Crippen molar-refractivity contribution in [1.82, 2.24) is 5.32 Å². The molecule has 1 atom stereocenters. The number of anilines is 1. The van der Waals surface area contributed by atoms with Crippen LogP contribution in [0.2, 0.25) is 0 Å². The van der Waals surface area contributed by atoms with Crippen LogP contribution in [0.4, 0.5) is 18.9 Å². The first-order chi connectivity index (χ1) is 9.85. The third-order valence-electron chi connectivity index (χ3n) is 3.72. The molecule has 0 spiro atoms. The summed E-state index contributed by atoms with van der Waals surface area (Å²) < 4.78 is 40.1. The lowest BCUT2D eigenvalue weighted by atomic mass is 10.0. The van der Waals surface area contributed by atoms with E-state index < -0.39 is 11.7 Å². The molecule has 1 unspecified atom stereocenters. The number of nitrogens with zero attached hydrogens (tertiary/aromatic N) is 1. The van der Waals surface area contributed by atoms with E-state index in [0.717, 1.165) is 13.0 Å². The van der Waals surface area contributed by atoms with Gasteiger partial charge in [0.2, 0.25) is 0 Å². The number of benzene rings is 1. The van der Waals surface area contributed by atoms with Crippen molar-refractivity contribution in [2.24, 2.45) is 0 Å². The van der Waals surface area contributed by atoms with Crippen molar-refractivity contribution in [2.75, 3.05) is 18.0 Å². The Labute approximate surface area is 125 Å². The summed E-state index contributed by atoms with van der Waals surface area (Å²) in [5.74, 6) is 0. The molecule has 0 saturated heterocycles. The van der Waals surface area contributed by atoms with Gasteiger partial charge in [-0.15, -0.1) is 0 Å². The van der Waals surface area contributed by atoms with Gasteiger partial charge in [0.05, 0.1) is 5.56 Å². The van der Waals surface area contributed by atoms with Crippen LogP contribution in [0.5, 0.6) is 0 Å². The fourth-order valence-electron chi connectivity index (χ4n) is 2.38. The largest absolute Gasteiger partial charge is 0.418 e. The predicted octanol–water partition coefficient (Wildman–Crippen LogP) is 4.44. The molecule has 0 bridgehead atoms. The van der Waals surface area contributed by atoms with Crippen molar-refractivity contribution in [3.8, 4) is 0 Å². The molecule has 0 aliphatic rings. The van der Waals surface area contributed by atoms with Crippen LogP contribution in [-0.4, -0.2) is 19.1 Å². The molecule has 5 heteroatoms. The minimum absolute atomic E-state index is 0.0794. The first-order valence-electron chi connectivity index (χ1n) is 7.52. The molecular weight excluding hydrogens is 277 g/mol. The topological polar surface area (TPSA) is 15.3 Å². The molecule has 21 heavy (non-hydrogen) atoms. The molecule has 0 saturated carbocycles. The summed E-state index contributed by atoms with van der Waals surface area (Å²) in [5, 5.41) is 3.06. The molecule has 120 valence electrons. The summed E-state index contributed by atoms with van der Waals surface area (Å²) in [6.07, 6.45) is -3.53. The number of nitrogens with one attached hydrogen (secondary N) is 1. The van der Waals surface area contributed by atoms with Crippen LogP contribution >= 0.6 is 0 Å². The van der Waals surface area contributed by atoms with Gasteiger partial charge in [-0.2, -0.15) is 13.2 Å². The highest BCUT2D eigenvalue weighted by Crippen LogP contribution is 2.38. The maximum Gasteiger partial charge on any atom is 0.418 e. The van der Waals surface area contributed by atoms with E-state index in [1.807, 2.05) is 32.6 Å². The third kappa shape index (κ3) is 4.63. The second kappa shape index (κ2) is 7.69. The van der Waals surface area contributed by atoms with Crippen molar-refractivity contribution in [3.63, 3.8) is 0 Å². The van der Waals surface area contributed by atoms with Gasteiger partial charge < -0.3 is 10.2 Å². The molecule has 2 nitrogen and oxygen atoms in total. The smallest absolute Gasteiger partial charge is 0.369 e. The van der Waals surface area contributed by atoms with Gasteiger partial charge in [0, 0.05) is 24.8 Å². The first-order valence-corrected chi connectivity index (χ1v) is 7.52. The number of hydrogen-bond donors (Lipinski definition) is 1. The molecule has 1 aromatic rings. The molecule has 0 amide bonds. The summed E-state index contributed by atoms with van der Waals surface area (Å²) in [4.78, 5) is 1.82. The quantitative estimate of drug-likeness (QED) is 0.801. The Kier molecular flexibility index (Phi) is 6.52.